The van der Waals surface area contributed by atoms with Crippen LogP contribution in [0.25, 0.3) is 5.57 Å². The second kappa shape index (κ2) is 8.37. The number of hydrogen-bond donors (Lipinski definition) is 3. The molecule has 0 aliphatic carbocycles. The summed E-state index contributed by atoms with van der Waals surface area (Å²) in [7, 11) is 0. The minimum atomic E-state index is -0.909. The maximum absolute atomic E-state index is 13.0. The van der Waals surface area contributed by atoms with Gasteiger partial charge in [0.05, 0.1) is 11.5 Å². The van der Waals surface area contributed by atoms with Crippen molar-refractivity contribution in [2.75, 3.05) is 22.1 Å². The lowest BCUT2D eigenvalue weighted by Crippen LogP contribution is -2.41. The minimum absolute atomic E-state index is 0.104. The van der Waals surface area contributed by atoms with Crippen LogP contribution in [0.5, 0.6) is 0 Å². The molecule has 0 bridgehead atoms. The van der Waals surface area contributed by atoms with Gasteiger partial charge in [-0.1, -0.05) is 24.3 Å². The van der Waals surface area contributed by atoms with Gasteiger partial charge in [0.25, 0.3) is 5.56 Å². The average molecular weight is 422 g/mol. The third kappa shape index (κ3) is 4.23. The maximum Gasteiger partial charge on any atom is 0.258 e. The van der Waals surface area contributed by atoms with Gasteiger partial charge in [-0.15, -0.1) is 0 Å². The van der Waals surface area contributed by atoms with Gasteiger partial charge in [0.15, 0.2) is 0 Å². The number of aromatic nitrogens is 2. The smallest absolute Gasteiger partial charge is 0.258 e. The number of carbonyl (C=O) groups excluding carboxylic acids is 2. The molecule has 31 heavy (non-hydrogen) atoms. The van der Waals surface area contributed by atoms with Crippen LogP contribution in [0.3, 0.4) is 0 Å². The molecule has 0 radical (unpaired) electrons. The van der Waals surface area contributed by atoms with Crippen molar-refractivity contribution in [2.45, 2.75) is 51.5 Å². The Kier molecular flexibility index (Phi) is 5.63. The summed E-state index contributed by atoms with van der Waals surface area (Å²) < 4.78 is 0. The zero-order valence-corrected chi connectivity index (χ0v) is 17.8. The normalized spacial score (nSPS) is 20.6. The number of amides is 2. The van der Waals surface area contributed by atoms with Crippen LogP contribution in [-0.4, -0.2) is 34.4 Å². The molecule has 8 nitrogen and oxygen atoms in total. The van der Waals surface area contributed by atoms with Crippen molar-refractivity contribution in [3.63, 3.8) is 0 Å². The Hall–Kier alpha value is -3.42. The predicted molar refractivity (Wildman–Crippen MR) is 121 cm³/mol. The van der Waals surface area contributed by atoms with Crippen molar-refractivity contribution in [1.82, 2.24) is 9.97 Å². The fourth-order valence-electron chi connectivity index (χ4n) is 4.20. The first-order valence-electron chi connectivity index (χ1n) is 10.6. The summed E-state index contributed by atoms with van der Waals surface area (Å²) in [6.45, 7) is 8.69. The van der Waals surface area contributed by atoms with Gasteiger partial charge in [-0.2, -0.15) is 4.98 Å². The van der Waals surface area contributed by atoms with E-state index in [0.717, 1.165) is 36.9 Å². The molecule has 3 N–H and O–H groups in total. The highest BCUT2D eigenvalue weighted by molar-refractivity contribution is 6.04. The summed E-state index contributed by atoms with van der Waals surface area (Å²) in [6.07, 6.45) is 3.07. The van der Waals surface area contributed by atoms with E-state index in [4.69, 9.17) is 0 Å². The number of allylic oxidation sites excluding steroid dienone is 1. The van der Waals surface area contributed by atoms with E-state index >= 15 is 0 Å². The lowest BCUT2D eigenvalue weighted by molar-refractivity contribution is -0.123. The Morgan fingerprint density at radius 1 is 1.23 bits per heavy atom. The largest absolute Gasteiger partial charge is 0.340 e. The first-order valence-corrected chi connectivity index (χ1v) is 10.6. The zero-order chi connectivity index (χ0) is 22.1. The van der Waals surface area contributed by atoms with Crippen LogP contribution in [0.15, 0.2) is 35.6 Å². The molecule has 162 valence electrons. The van der Waals surface area contributed by atoms with E-state index in [-0.39, 0.29) is 29.8 Å². The SMILES string of the molecule is C=C(C)c1ccc(NC(=O)[C@@H]2CC(=O)Nc3nc(N4CCCC[C@H]4C)[nH]c(=O)c32)cc1. The number of fused-ring (bicyclic) bond motifs is 1. The van der Waals surface area contributed by atoms with Gasteiger partial charge >= 0.3 is 0 Å². The molecular weight excluding hydrogens is 394 g/mol. The van der Waals surface area contributed by atoms with Crippen LogP contribution in [0.4, 0.5) is 17.5 Å². The van der Waals surface area contributed by atoms with Crippen molar-refractivity contribution in [3.8, 4) is 0 Å². The number of hydrogen-bond acceptors (Lipinski definition) is 5. The van der Waals surface area contributed by atoms with Gasteiger partial charge in [0, 0.05) is 24.7 Å². The molecule has 1 aromatic heterocycles. The highest BCUT2D eigenvalue weighted by atomic mass is 16.2. The van der Waals surface area contributed by atoms with Crippen LogP contribution in [0.1, 0.15) is 56.6 Å². The molecule has 1 saturated heterocycles. The summed E-state index contributed by atoms with van der Waals surface area (Å²) >= 11 is 0. The first kappa shape index (κ1) is 20.8. The molecule has 0 unspecified atom stereocenters. The summed E-state index contributed by atoms with van der Waals surface area (Å²) in [6, 6.07) is 7.51. The molecule has 8 heteroatoms. The van der Waals surface area contributed by atoms with E-state index in [1.54, 1.807) is 12.1 Å². The van der Waals surface area contributed by atoms with Crippen LogP contribution in [0.2, 0.25) is 0 Å². The second-order valence-electron chi connectivity index (χ2n) is 8.34. The van der Waals surface area contributed by atoms with Crippen molar-refractivity contribution >= 4 is 34.8 Å². The van der Waals surface area contributed by atoms with E-state index in [1.807, 2.05) is 24.0 Å². The van der Waals surface area contributed by atoms with E-state index in [1.165, 1.54) is 0 Å². The van der Waals surface area contributed by atoms with E-state index in [9.17, 15) is 14.4 Å². The molecule has 1 fully saturated rings. The second-order valence-corrected chi connectivity index (χ2v) is 8.34. The van der Waals surface area contributed by atoms with Gasteiger partial charge in [-0.25, -0.2) is 0 Å². The van der Waals surface area contributed by atoms with Crippen LogP contribution < -0.4 is 21.1 Å². The third-order valence-electron chi connectivity index (χ3n) is 5.98. The summed E-state index contributed by atoms with van der Waals surface area (Å²) in [4.78, 5) is 47.7. The molecular formula is C23H27N5O3. The number of nitrogens with zero attached hydrogens (tertiary/aromatic N) is 2. The Morgan fingerprint density at radius 3 is 2.65 bits per heavy atom. The molecule has 2 atom stereocenters. The maximum atomic E-state index is 13.0. The van der Waals surface area contributed by atoms with Gasteiger partial charge in [-0.3, -0.25) is 19.4 Å². The highest BCUT2D eigenvalue weighted by Gasteiger charge is 2.35. The van der Waals surface area contributed by atoms with E-state index in [0.29, 0.717) is 11.6 Å². The number of carbonyl (C=O) groups is 2. The van der Waals surface area contributed by atoms with Gasteiger partial charge in [0.2, 0.25) is 17.8 Å². The van der Waals surface area contributed by atoms with Crippen LogP contribution in [0, 0.1) is 0 Å². The summed E-state index contributed by atoms with van der Waals surface area (Å²) in [5.74, 6) is -1.04. The Balaban J connectivity index is 1.62. The van der Waals surface area contributed by atoms with Crippen molar-refractivity contribution < 1.29 is 9.59 Å². The lowest BCUT2D eigenvalue weighted by atomic mass is 9.92. The number of H-pyrrole nitrogens is 1. The number of anilines is 3. The number of nitrogens with one attached hydrogen (secondary N) is 3. The third-order valence-corrected chi connectivity index (χ3v) is 5.98. The average Bonchev–Trinajstić information content (AvgIpc) is 2.73. The highest BCUT2D eigenvalue weighted by Crippen LogP contribution is 2.31. The minimum Gasteiger partial charge on any atom is -0.340 e. The number of aromatic amines is 1. The number of benzene rings is 1. The standard InChI is InChI=1S/C23H27N5O3/c1-13(2)15-7-9-16(10-8-15)24-21(30)17-12-18(29)25-20-19(17)22(31)27-23(26-20)28-11-5-4-6-14(28)3/h7-10,14,17H,1,4-6,11-12H2,2-3H3,(H,24,30)(H2,25,26,27,29,31)/t14-,17-/m1/s1. The molecule has 2 amide bonds. The predicted octanol–water partition coefficient (Wildman–Crippen LogP) is 3.25. The Labute approximate surface area is 180 Å². The Morgan fingerprint density at radius 2 is 1.97 bits per heavy atom. The molecule has 0 spiro atoms. The fourth-order valence-corrected chi connectivity index (χ4v) is 4.20. The van der Waals surface area contributed by atoms with Gasteiger partial charge < -0.3 is 15.5 Å². The molecule has 1 aromatic carbocycles. The van der Waals surface area contributed by atoms with Crippen molar-refractivity contribution in [2.24, 2.45) is 0 Å². The molecule has 4 rings (SSSR count). The summed E-state index contributed by atoms with van der Waals surface area (Å²) in [5.41, 5.74) is 2.29. The van der Waals surface area contributed by atoms with Crippen molar-refractivity contribution in [3.05, 3.63) is 52.3 Å². The Bertz CT molecular complexity index is 1090. The number of piperidine rings is 1. The van der Waals surface area contributed by atoms with E-state index < -0.39 is 17.4 Å². The van der Waals surface area contributed by atoms with Gasteiger partial charge in [-0.05, 0) is 50.8 Å². The van der Waals surface area contributed by atoms with E-state index in [2.05, 4.69) is 34.1 Å². The molecule has 2 aliphatic heterocycles. The molecule has 3 heterocycles. The monoisotopic (exact) mass is 421 g/mol. The lowest BCUT2D eigenvalue weighted by Gasteiger charge is -2.34. The quantitative estimate of drug-likeness (QED) is 0.703. The summed E-state index contributed by atoms with van der Waals surface area (Å²) in [5, 5.41) is 5.49. The van der Waals surface area contributed by atoms with Gasteiger partial charge in [0.1, 0.15) is 5.82 Å². The zero-order valence-electron chi connectivity index (χ0n) is 17.8. The van der Waals surface area contributed by atoms with Crippen LogP contribution in [-0.2, 0) is 9.59 Å². The molecule has 0 saturated carbocycles. The first-order chi connectivity index (χ1) is 14.8. The van der Waals surface area contributed by atoms with Crippen LogP contribution >= 0.6 is 0 Å². The molecule has 2 aromatic rings. The van der Waals surface area contributed by atoms with Crippen molar-refractivity contribution in [1.29, 1.82) is 0 Å². The molecule has 2 aliphatic rings. The number of rotatable bonds is 4. The fraction of sp³-hybridized carbons (Fsp3) is 0.391. The topological polar surface area (TPSA) is 107 Å².